The predicted molar refractivity (Wildman–Crippen MR) is 56.5 cm³/mol. The lowest BCUT2D eigenvalue weighted by Gasteiger charge is -2.02. The molecule has 1 aromatic rings. The quantitative estimate of drug-likeness (QED) is 0.594. The molecule has 1 rings (SSSR count). The van der Waals surface area contributed by atoms with Gasteiger partial charge in [0.1, 0.15) is 0 Å². The van der Waals surface area contributed by atoms with E-state index in [0.717, 1.165) is 5.56 Å². The topological polar surface area (TPSA) is 95.1 Å². The Morgan fingerprint density at radius 2 is 2.12 bits per heavy atom. The van der Waals surface area contributed by atoms with E-state index in [2.05, 4.69) is 15.5 Å². The number of unbranched alkanes of at least 4 members (excludes halogenated alkanes) is 1. The summed E-state index contributed by atoms with van der Waals surface area (Å²) in [6.45, 7) is 0.453. The SMILES string of the molecule is O=C(O)CCCCC(=O)NCc1cn[nH]c1. The Morgan fingerprint density at radius 1 is 1.38 bits per heavy atom. The average Bonchev–Trinajstić information content (AvgIpc) is 2.74. The van der Waals surface area contributed by atoms with Crippen LogP contribution in [-0.4, -0.2) is 27.2 Å². The van der Waals surface area contributed by atoms with Crippen molar-refractivity contribution in [3.63, 3.8) is 0 Å². The van der Waals surface area contributed by atoms with Crippen molar-refractivity contribution < 1.29 is 14.7 Å². The molecule has 0 aliphatic rings. The Balaban J connectivity index is 2.05. The van der Waals surface area contributed by atoms with E-state index in [9.17, 15) is 9.59 Å². The molecule has 0 atom stereocenters. The van der Waals surface area contributed by atoms with Gasteiger partial charge in [0.2, 0.25) is 5.91 Å². The first-order valence-electron chi connectivity index (χ1n) is 5.14. The molecule has 0 unspecified atom stereocenters. The van der Waals surface area contributed by atoms with E-state index in [-0.39, 0.29) is 12.3 Å². The van der Waals surface area contributed by atoms with Gasteiger partial charge < -0.3 is 10.4 Å². The fourth-order valence-corrected chi connectivity index (χ4v) is 1.23. The zero-order chi connectivity index (χ0) is 11.8. The predicted octanol–water partition coefficient (Wildman–Crippen LogP) is 0.671. The van der Waals surface area contributed by atoms with Crippen molar-refractivity contribution in [2.75, 3.05) is 0 Å². The normalized spacial score (nSPS) is 10.0. The van der Waals surface area contributed by atoms with Crippen LogP contribution in [0.2, 0.25) is 0 Å². The summed E-state index contributed by atoms with van der Waals surface area (Å²) < 4.78 is 0. The van der Waals surface area contributed by atoms with Gasteiger partial charge in [-0.2, -0.15) is 5.10 Å². The van der Waals surface area contributed by atoms with Crippen molar-refractivity contribution in [3.05, 3.63) is 18.0 Å². The zero-order valence-electron chi connectivity index (χ0n) is 8.90. The van der Waals surface area contributed by atoms with Crippen LogP contribution in [0.1, 0.15) is 31.2 Å². The Kier molecular flexibility index (Phi) is 5.04. The maximum atomic E-state index is 11.3. The van der Waals surface area contributed by atoms with Gasteiger partial charge in [0, 0.05) is 31.1 Å². The fourth-order valence-electron chi connectivity index (χ4n) is 1.23. The fraction of sp³-hybridized carbons (Fsp3) is 0.500. The minimum atomic E-state index is -0.821. The summed E-state index contributed by atoms with van der Waals surface area (Å²) in [4.78, 5) is 21.5. The highest BCUT2D eigenvalue weighted by Gasteiger charge is 2.03. The molecule has 6 nitrogen and oxygen atoms in total. The number of carboxylic acid groups (broad SMARTS) is 1. The number of carboxylic acids is 1. The maximum Gasteiger partial charge on any atom is 0.303 e. The Bertz CT molecular complexity index is 335. The van der Waals surface area contributed by atoms with Crippen LogP contribution in [0.25, 0.3) is 0 Å². The summed E-state index contributed by atoms with van der Waals surface area (Å²) in [7, 11) is 0. The van der Waals surface area contributed by atoms with Gasteiger partial charge in [-0.15, -0.1) is 0 Å². The van der Waals surface area contributed by atoms with Crippen LogP contribution in [0.4, 0.5) is 0 Å². The highest BCUT2D eigenvalue weighted by atomic mass is 16.4. The van der Waals surface area contributed by atoms with Crippen molar-refractivity contribution in [1.82, 2.24) is 15.5 Å². The largest absolute Gasteiger partial charge is 0.481 e. The molecule has 16 heavy (non-hydrogen) atoms. The van der Waals surface area contributed by atoms with E-state index in [0.29, 0.717) is 25.8 Å². The molecule has 0 saturated carbocycles. The van der Waals surface area contributed by atoms with Crippen molar-refractivity contribution in [2.24, 2.45) is 0 Å². The number of H-pyrrole nitrogens is 1. The molecule has 0 aliphatic heterocycles. The second kappa shape index (κ2) is 6.60. The number of hydrogen-bond acceptors (Lipinski definition) is 3. The van der Waals surface area contributed by atoms with Gasteiger partial charge >= 0.3 is 5.97 Å². The monoisotopic (exact) mass is 225 g/mol. The Labute approximate surface area is 93.1 Å². The zero-order valence-corrected chi connectivity index (χ0v) is 8.90. The van der Waals surface area contributed by atoms with E-state index < -0.39 is 5.97 Å². The second-order valence-electron chi connectivity index (χ2n) is 3.48. The number of nitrogens with one attached hydrogen (secondary N) is 2. The van der Waals surface area contributed by atoms with Crippen molar-refractivity contribution >= 4 is 11.9 Å². The molecule has 1 heterocycles. The number of rotatable bonds is 7. The van der Waals surface area contributed by atoms with Crippen LogP contribution in [0.5, 0.6) is 0 Å². The summed E-state index contributed by atoms with van der Waals surface area (Å²) in [6, 6.07) is 0. The highest BCUT2D eigenvalue weighted by Crippen LogP contribution is 2.00. The lowest BCUT2D eigenvalue weighted by Crippen LogP contribution is -2.22. The van der Waals surface area contributed by atoms with Crippen molar-refractivity contribution in [2.45, 2.75) is 32.2 Å². The third kappa shape index (κ3) is 5.14. The molecular weight excluding hydrogens is 210 g/mol. The van der Waals surface area contributed by atoms with Gasteiger partial charge in [-0.25, -0.2) is 0 Å². The Hall–Kier alpha value is -1.85. The summed E-state index contributed by atoms with van der Waals surface area (Å²) in [5.74, 6) is -0.884. The minimum absolute atomic E-state index is 0.0633. The number of aromatic amines is 1. The minimum Gasteiger partial charge on any atom is -0.481 e. The first-order chi connectivity index (χ1) is 7.68. The van der Waals surface area contributed by atoms with Crippen LogP contribution in [0.15, 0.2) is 12.4 Å². The first kappa shape index (κ1) is 12.2. The van der Waals surface area contributed by atoms with Gasteiger partial charge in [-0.1, -0.05) is 0 Å². The second-order valence-corrected chi connectivity index (χ2v) is 3.48. The van der Waals surface area contributed by atoms with E-state index in [1.165, 1.54) is 0 Å². The summed E-state index contributed by atoms with van der Waals surface area (Å²) in [5, 5.41) is 17.5. The molecule has 88 valence electrons. The molecule has 6 heteroatoms. The molecule has 1 aromatic heterocycles. The number of hydrogen-bond donors (Lipinski definition) is 3. The first-order valence-corrected chi connectivity index (χ1v) is 5.14. The summed E-state index contributed by atoms with van der Waals surface area (Å²) >= 11 is 0. The molecule has 0 radical (unpaired) electrons. The number of carbonyl (C=O) groups excluding carboxylic acids is 1. The summed E-state index contributed by atoms with van der Waals surface area (Å²) in [5.41, 5.74) is 0.916. The molecule has 1 amide bonds. The van der Waals surface area contributed by atoms with Gasteiger partial charge in [-0.05, 0) is 12.8 Å². The molecule has 0 fully saturated rings. The molecular formula is C10H15N3O3. The van der Waals surface area contributed by atoms with E-state index in [1.807, 2.05) is 0 Å². The standard InChI is InChI=1S/C10H15N3O3/c14-9(3-1-2-4-10(15)16)11-5-8-6-12-13-7-8/h6-7H,1-5H2,(H,11,14)(H,12,13)(H,15,16). The molecule has 0 spiro atoms. The molecule has 0 aliphatic carbocycles. The molecule has 0 saturated heterocycles. The van der Waals surface area contributed by atoms with Crippen LogP contribution in [0, 0.1) is 0 Å². The third-order valence-electron chi connectivity index (χ3n) is 2.09. The van der Waals surface area contributed by atoms with Gasteiger partial charge in [0.05, 0.1) is 6.20 Å². The molecule has 0 aromatic carbocycles. The van der Waals surface area contributed by atoms with Crippen molar-refractivity contribution in [1.29, 1.82) is 0 Å². The van der Waals surface area contributed by atoms with E-state index >= 15 is 0 Å². The van der Waals surface area contributed by atoms with Crippen molar-refractivity contribution in [3.8, 4) is 0 Å². The summed E-state index contributed by atoms with van der Waals surface area (Å²) in [6.07, 6.45) is 4.98. The molecule has 3 N–H and O–H groups in total. The lowest BCUT2D eigenvalue weighted by atomic mass is 10.2. The highest BCUT2D eigenvalue weighted by molar-refractivity contribution is 5.75. The number of carbonyl (C=O) groups is 2. The van der Waals surface area contributed by atoms with Gasteiger partial charge in [-0.3, -0.25) is 14.7 Å². The average molecular weight is 225 g/mol. The van der Waals surface area contributed by atoms with Crippen LogP contribution in [-0.2, 0) is 16.1 Å². The smallest absolute Gasteiger partial charge is 0.303 e. The van der Waals surface area contributed by atoms with Crippen LogP contribution in [0.3, 0.4) is 0 Å². The van der Waals surface area contributed by atoms with Gasteiger partial charge in [0.25, 0.3) is 0 Å². The molecule has 0 bridgehead atoms. The van der Waals surface area contributed by atoms with Gasteiger partial charge in [0.15, 0.2) is 0 Å². The van der Waals surface area contributed by atoms with E-state index in [1.54, 1.807) is 12.4 Å². The number of aliphatic carboxylic acids is 1. The van der Waals surface area contributed by atoms with Crippen LogP contribution >= 0.6 is 0 Å². The lowest BCUT2D eigenvalue weighted by molar-refractivity contribution is -0.137. The number of nitrogens with zero attached hydrogens (tertiary/aromatic N) is 1. The Morgan fingerprint density at radius 3 is 2.75 bits per heavy atom. The van der Waals surface area contributed by atoms with E-state index in [4.69, 9.17) is 5.11 Å². The number of aromatic nitrogens is 2. The third-order valence-corrected chi connectivity index (χ3v) is 2.09. The maximum absolute atomic E-state index is 11.3. The van der Waals surface area contributed by atoms with Crippen LogP contribution < -0.4 is 5.32 Å². The number of amides is 1.